The molecule has 7 heteroatoms. The maximum Gasteiger partial charge on any atom is 0.415 e. The Morgan fingerprint density at radius 1 is 0.976 bits per heavy atom. The van der Waals surface area contributed by atoms with Crippen LogP contribution in [0.4, 0.5) is 9.18 Å². The third-order valence-corrected chi connectivity index (χ3v) is 7.98. The summed E-state index contributed by atoms with van der Waals surface area (Å²) in [6.45, 7) is 6.73. The van der Waals surface area contributed by atoms with Crippen LogP contribution in [0.1, 0.15) is 36.5 Å². The predicted molar refractivity (Wildman–Crippen MR) is 163 cm³/mol. The molecule has 2 amide bonds. The van der Waals surface area contributed by atoms with Gasteiger partial charge in [0.25, 0.3) is 0 Å². The number of nitrogens with zero attached hydrogens (tertiary/aromatic N) is 1. The van der Waals surface area contributed by atoms with Crippen LogP contribution < -0.4 is 10.1 Å². The smallest absolute Gasteiger partial charge is 0.415 e. The highest BCUT2D eigenvalue weighted by atomic mass is 19.1. The molecule has 1 aliphatic heterocycles. The first kappa shape index (κ1) is 28.6. The van der Waals surface area contributed by atoms with E-state index in [0.717, 1.165) is 27.5 Å². The zero-order valence-corrected chi connectivity index (χ0v) is 23.5. The third kappa shape index (κ3) is 6.05. The maximum atomic E-state index is 13.8. The average molecular weight is 565 g/mol. The number of amides is 2. The summed E-state index contributed by atoms with van der Waals surface area (Å²) >= 11 is 0. The quantitative estimate of drug-likeness (QED) is 0.234. The molecular weight excluding hydrogens is 531 g/mol. The van der Waals surface area contributed by atoms with Crippen LogP contribution in [0.25, 0.3) is 16.3 Å². The molecule has 1 heterocycles. The second-order valence-electron chi connectivity index (χ2n) is 10.5. The van der Waals surface area contributed by atoms with Gasteiger partial charge in [-0.1, -0.05) is 67.3 Å². The molecule has 4 aromatic rings. The Morgan fingerprint density at radius 3 is 2.33 bits per heavy atom. The summed E-state index contributed by atoms with van der Waals surface area (Å²) in [6.07, 6.45) is 4.00. The minimum atomic E-state index is -0.925. The minimum Gasteiger partial charge on any atom is -0.508 e. The number of hydrogen-bond acceptors (Lipinski definition) is 4. The lowest BCUT2D eigenvalue weighted by Gasteiger charge is -2.40. The van der Waals surface area contributed by atoms with E-state index in [9.17, 15) is 19.1 Å². The lowest BCUT2D eigenvalue weighted by Crippen LogP contribution is -2.53. The van der Waals surface area contributed by atoms with E-state index < -0.39 is 11.5 Å². The standard InChI is InChI=1S/C35H33FN2O4/c1-3-25(4-2)26-7-5-24(6-8-26)23-37-33(40)35(29-11-13-30(36)14-12-29)17-19-38(20-18-35)34(41)42-32-16-10-27-9-15-31(39)21-28(27)22-32/h3-16,21-22,39H,1,17-20,23H2,2H3,(H,37,40)/b25-4+. The van der Waals surface area contributed by atoms with Gasteiger partial charge in [-0.25, -0.2) is 9.18 Å². The molecule has 6 nitrogen and oxygen atoms in total. The van der Waals surface area contributed by atoms with Crippen molar-refractivity contribution in [1.29, 1.82) is 0 Å². The van der Waals surface area contributed by atoms with Crippen LogP contribution in [-0.2, 0) is 16.8 Å². The summed E-state index contributed by atoms with van der Waals surface area (Å²) in [6, 6.07) is 24.2. The molecule has 1 fully saturated rings. The Balaban J connectivity index is 1.28. The first-order valence-corrected chi connectivity index (χ1v) is 13.9. The van der Waals surface area contributed by atoms with Gasteiger partial charge in [-0.3, -0.25) is 4.79 Å². The number of ether oxygens (including phenoxy) is 1. The lowest BCUT2D eigenvalue weighted by molar-refractivity contribution is -0.128. The number of carbonyl (C=O) groups is 2. The van der Waals surface area contributed by atoms with Crippen molar-refractivity contribution >= 4 is 28.3 Å². The second-order valence-corrected chi connectivity index (χ2v) is 10.5. The number of rotatable bonds is 7. The van der Waals surface area contributed by atoms with E-state index in [-0.39, 0.29) is 17.5 Å². The number of carbonyl (C=O) groups excluding carboxylic acids is 2. The lowest BCUT2D eigenvalue weighted by atomic mass is 9.72. The summed E-state index contributed by atoms with van der Waals surface area (Å²) in [5, 5.41) is 14.5. The van der Waals surface area contributed by atoms with E-state index >= 15 is 0 Å². The SMILES string of the molecule is C=C/C(=C\C)c1ccc(CNC(=O)C2(c3ccc(F)cc3)CCN(C(=O)Oc3ccc4ccc(O)cc4c3)CC2)cc1. The van der Waals surface area contributed by atoms with Crippen molar-refractivity contribution in [3.63, 3.8) is 0 Å². The van der Waals surface area contributed by atoms with E-state index in [2.05, 4.69) is 11.9 Å². The molecule has 42 heavy (non-hydrogen) atoms. The molecule has 1 saturated heterocycles. The van der Waals surface area contributed by atoms with E-state index in [1.165, 1.54) is 12.1 Å². The molecule has 1 aliphatic rings. The normalized spacial score (nSPS) is 14.8. The number of fused-ring (bicyclic) bond motifs is 1. The maximum absolute atomic E-state index is 13.8. The summed E-state index contributed by atoms with van der Waals surface area (Å²) in [5.41, 5.74) is 2.82. The van der Waals surface area contributed by atoms with Crippen LogP contribution >= 0.6 is 0 Å². The van der Waals surface area contributed by atoms with E-state index in [1.807, 2.05) is 43.3 Å². The Labute approximate surface area is 244 Å². The molecular formula is C35H33FN2O4. The van der Waals surface area contributed by atoms with Gasteiger partial charge < -0.3 is 20.1 Å². The Hall–Kier alpha value is -4.91. The fourth-order valence-electron chi connectivity index (χ4n) is 5.50. The zero-order chi connectivity index (χ0) is 29.7. The molecule has 0 aliphatic carbocycles. The number of piperidine rings is 1. The number of aromatic hydroxyl groups is 1. The van der Waals surface area contributed by atoms with Crippen molar-refractivity contribution in [3.8, 4) is 11.5 Å². The van der Waals surface area contributed by atoms with Crippen LogP contribution in [0.3, 0.4) is 0 Å². The number of phenolic OH excluding ortho intramolecular Hbond substituents is 1. The first-order valence-electron chi connectivity index (χ1n) is 13.9. The van der Waals surface area contributed by atoms with E-state index in [1.54, 1.807) is 53.4 Å². The molecule has 0 radical (unpaired) electrons. The van der Waals surface area contributed by atoms with Crippen LogP contribution in [0.2, 0.25) is 0 Å². The van der Waals surface area contributed by atoms with Crippen LogP contribution in [0.15, 0.2) is 104 Å². The number of halogens is 1. The molecule has 0 aromatic heterocycles. The van der Waals surface area contributed by atoms with Gasteiger partial charge in [-0.15, -0.1) is 0 Å². The summed E-state index contributed by atoms with van der Waals surface area (Å²) in [5.74, 6) is -0.0447. The van der Waals surface area contributed by atoms with E-state index in [4.69, 9.17) is 4.74 Å². The Morgan fingerprint density at radius 2 is 1.67 bits per heavy atom. The van der Waals surface area contributed by atoms with Crippen molar-refractivity contribution in [2.75, 3.05) is 13.1 Å². The van der Waals surface area contributed by atoms with Crippen molar-refractivity contribution in [2.24, 2.45) is 0 Å². The van der Waals surface area contributed by atoms with Gasteiger partial charge in [0.2, 0.25) is 5.91 Å². The van der Waals surface area contributed by atoms with Gasteiger partial charge >= 0.3 is 6.09 Å². The van der Waals surface area contributed by atoms with Crippen molar-refractivity contribution < 1.29 is 23.8 Å². The van der Waals surface area contributed by atoms with Crippen LogP contribution in [0.5, 0.6) is 11.5 Å². The fraction of sp³-hybridized carbons (Fsp3) is 0.200. The Kier molecular flexibility index (Phi) is 8.38. The van der Waals surface area contributed by atoms with Crippen molar-refractivity contribution in [1.82, 2.24) is 10.2 Å². The summed E-state index contributed by atoms with van der Waals surface area (Å²) in [4.78, 5) is 28.4. The molecule has 0 unspecified atom stereocenters. The van der Waals surface area contributed by atoms with Gasteiger partial charge in [0.15, 0.2) is 0 Å². The molecule has 2 N–H and O–H groups in total. The minimum absolute atomic E-state index is 0.130. The van der Waals surface area contributed by atoms with Gasteiger partial charge in [0, 0.05) is 19.6 Å². The number of hydrogen-bond donors (Lipinski definition) is 2. The average Bonchev–Trinajstić information content (AvgIpc) is 3.01. The molecule has 0 saturated carbocycles. The first-order chi connectivity index (χ1) is 20.3. The zero-order valence-electron chi connectivity index (χ0n) is 23.5. The number of benzene rings is 4. The van der Waals surface area contributed by atoms with Crippen molar-refractivity contribution in [2.45, 2.75) is 31.7 Å². The van der Waals surface area contributed by atoms with E-state index in [0.29, 0.717) is 43.8 Å². The van der Waals surface area contributed by atoms with Crippen LogP contribution in [-0.4, -0.2) is 35.1 Å². The van der Waals surface area contributed by atoms with Gasteiger partial charge in [0.1, 0.15) is 17.3 Å². The molecule has 214 valence electrons. The van der Waals surface area contributed by atoms with Gasteiger partial charge in [-0.05, 0) is 89.2 Å². The molecule has 0 bridgehead atoms. The largest absolute Gasteiger partial charge is 0.508 e. The van der Waals surface area contributed by atoms with Crippen molar-refractivity contribution in [3.05, 3.63) is 126 Å². The number of allylic oxidation sites excluding steroid dienone is 3. The van der Waals surface area contributed by atoms with Gasteiger partial charge in [-0.2, -0.15) is 0 Å². The fourth-order valence-corrected chi connectivity index (χ4v) is 5.50. The van der Waals surface area contributed by atoms with Crippen LogP contribution in [0, 0.1) is 5.82 Å². The topological polar surface area (TPSA) is 78.9 Å². The Bertz CT molecular complexity index is 1640. The number of phenols is 1. The number of nitrogens with one attached hydrogen (secondary N) is 1. The number of likely N-dealkylation sites (tertiary alicyclic amines) is 1. The molecule has 0 spiro atoms. The highest BCUT2D eigenvalue weighted by Gasteiger charge is 2.44. The monoisotopic (exact) mass is 564 g/mol. The molecule has 5 rings (SSSR count). The molecule has 4 aromatic carbocycles. The second kappa shape index (κ2) is 12.3. The summed E-state index contributed by atoms with van der Waals surface area (Å²) < 4.78 is 19.4. The highest BCUT2D eigenvalue weighted by Crippen LogP contribution is 2.37. The predicted octanol–water partition coefficient (Wildman–Crippen LogP) is 7.12. The van der Waals surface area contributed by atoms with Gasteiger partial charge in [0.05, 0.1) is 5.41 Å². The third-order valence-electron chi connectivity index (χ3n) is 7.98. The molecule has 0 atom stereocenters. The summed E-state index contributed by atoms with van der Waals surface area (Å²) in [7, 11) is 0. The highest BCUT2D eigenvalue weighted by molar-refractivity contribution is 5.89.